The summed E-state index contributed by atoms with van der Waals surface area (Å²) >= 11 is 3.39. The lowest BCUT2D eigenvalue weighted by Gasteiger charge is -2.25. The molecule has 0 amide bonds. The van der Waals surface area contributed by atoms with Gasteiger partial charge in [0.05, 0.1) is 19.8 Å². The third-order valence-electron chi connectivity index (χ3n) is 5.41. The standard InChI is InChI=1S/C18H23N7OS2/c1-11-3-4-12-13(9-11)27-16-15(12)17(28-18-21-22-23-24(18)2)20-14(19-16)10-25-5-7-26-8-6-25/h11H,3-10H2,1-2H3/t11-/m1/s1. The summed E-state index contributed by atoms with van der Waals surface area (Å²) in [5.41, 5.74) is 1.44. The zero-order valence-electron chi connectivity index (χ0n) is 16.1. The van der Waals surface area contributed by atoms with Crippen LogP contribution in [0, 0.1) is 5.92 Å². The number of hydrogen-bond donors (Lipinski definition) is 0. The fraction of sp³-hybridized carbons (Fsp3) is 0.611. The molecule has 1 aliphatic heterocycles. The number of morpholine rings is 1. The number of aryl methyl sites for hydroxylation is 2. The molecule has 2 aliphatic rings. The molecule has 0 spiro atoms. The average Bonchev–Trinajstić information content (AvgIpc) is 3.25. The molecule has 3 aromatic heterocycles. The molecule has 0 N–H and O–H groups in total. The minimum atomic E-state index is 0.736. The first-order chi connectivity index (χ1) is 13.7. The van der Waals surface area contributed by atoms with Crippen molar-refractivity contribution in [2.45, 2.75) is 42.9 Å². The molecule has 10 heteroatoms. The Labute approximate surface area is 171 Å². The Bertz CT molecular complexity index is 995. The van der Waals surface area contributed by atoms with E-state index < -0.39 is 0 Å². The van der Waals surface area contributed by atoms with Crippen LogP contribution in [-0.2, 0) is 31.2 Å². The summed E-state index contributed by atoms with van der Waals surface area (Å²) in [6, 6.07) is 0. The van der Waals surface area contributed by atoms with Crippen LogP contribution in [0.2, 0.25) is 0 Å². The Morgan fingerprint density at radius 1 is 1.25 bits per heavy atom. The molecule has 148 valence electrons. The molecule has 0 aromatic carbocycles. The highest BCUT2D eigenvalue weighted by Crippen LogP contribution is 2.42. The first-order valence-corrected chi connectivity index (χ1v) is 11.3. The van der Waals surface area contributed by atoms with Crippen molar-refractivity contribution in [2.24, 2.45) is 13.0 Å². The van der Waals surface area contributed by atoms with Gasteiger partial charge >= 0.3 is 0 Å². The van der Waals surface area contributed by atoms with Gasteiger partial charge in [-0.05, 0) is 52.9 Å². The van der Waals surface area contributed by atoms with Gasteiger partial charge in [0.15, 0.2) is 0 Å². The Morgan fingerprint density at radius 3 is 2.89 bits per heavy atom. The average molecular weight is 418 g/mol. The van der Waals surface area contributed by atoms with Gasteiger partial charge in [-0.3, -0.25) is 4.90 Å². The van der Waals surface area contributed by atoms with Crippen LogP contribution in [0.4, 0.5) is 0 Å². The Balaban J connectivity index is 1.57. The summed E-state index contributed by atoms with van der Waals surface area (Å²) in [7, 11) is 1.86. The van der Waals surface area contributed by atoms with Crippen molar-refractivity contribution < 1.29 is 4.74 Å². The topological polar surface area (TPSA) is 81.8 Å². The quantitative estimate of drug-likeness (QED) is 0.598. The highest BCUT2D eigenvalue weighted by Gasteiger charge is 2.25. The van der Waals surface area contributed by atoms with E-state index in [4.69, 9.17) is 14.7 Å². The zero-order valence-corrected chi connectivity index (χ0v) is 17.7. The highest BCUT2D eigenvalue weighted by molar-refractivity contribution is 7.99. The molecular weight excluding hydrogens is 394 g/mol. The van der Waals surface area contributed by atoms with Gasteiger partial charge in [-0.2, -0.15) is 0 Å². The molecular formula is C18H23N7OS2. The van der Waals surface area contributed by atoms with Crippen LogP contribution in [0.3, 0.4) is 0 Å². The fourth-order valence-electron chi connectivity index (χ4n) is 3.85. The van der Waals surface area contributed by atoms with E-state index in [1.807, 2.05) is 18.4 Å². The maximum absolute atomic E-state index is 5.47. The molecule has 8 nitrogen and oxygen atoms in total. The van der Waals surface area contributed by atoms with Crippen LogP contribution in [0.1, 0.15) is 29.6 Å². The van der Waals surface area contributed by atoms with Gasteiger partial charge in [0.25, 0.3) is 0 Å². The third kappa shape index (κ3) is 3.54. The van der Waals surface area contributed by atoms with E-state index in [1.54, 1.807) is 16.4 Å². The van der Waals surface area contributed by atoms with E-state index in [9.17, 15) is 0 Å². The number of rotatable bonds is 4. The van der Waals surface area contributed by atoms with Crippen molar-refractivity contribution in [1.29, 1.82) is 0 Å². The van der Waals surface area contributed by atoms with Crippen molar-refractivity contribution in [3.63, 3.8) is 0 Å². The molecule has 28 heavy (non-hydrogen) atoms. The van der Waals surface area contributed by atoms with E-state index in [0.717, 1.165) is 72.4 Å². The first kappa shape index (κ1) is 18.4. The minimum absolute atomic E-state index is 0.736. The van der Waals surface area contributed by atoms with Gasteiger partial charge in [0, 0.05) is 30.4 Å². The number of thiophene rings is 1. The summed E-state index contributed by atoms with van der Waals surface area (Å²) < 4.78 is 7.17. The van der Waals surface area contributed by atoms with Gasteiger partial charge in [0.1, 0.15) is 15.7 Å². The predicted octanol–water partition coefficient (Wildman–Crippen LogP) is 2.32. The molecule has 1 fully saturated rings. The summed E-state index contributed by atoms with van der Waals surface area (Å²) in [4.78, 5) is 14.9. The lowest BCUT2D eigenvalue weighted by molar-refractivity contribution is 0.0330. The van der Waals surface area contributed by atoms with Crippen molar-refractivity contribution in [3.8, 4) is 0 Å². The summed E-state index contributed by atoms with van der Waals surface area (Å²) in [5.74, 6) is 1.61. The molecule has 0 bridgehead atoms. The molecule has 4 heterocycles. The van der Waals surface area contributed by atoms with Gasteiger partial charge in [-0.25, -0.2) is 14.6 Å². The SMILES string of the molecule is C[C@@H]1CCc2c(sc3nc(CN4CCOCC4)nc(Sc4nnnn4C)c23)C1. The number of tetrazole rings is 1. The van der Waals surface area contributed by atoms with E-state index in [2.05, 4.69) is 27.3 Å². The lowest BCUT2D eigenvalue weighted by Crippen LogP contribution is -2.36. The number of ether oxygens (including phenoxy) is 1. The number of fused-ring (bicyclic) bond motifs is 3. The van der Waals surface area contributed by atoms with Gasteiger partial charge in [-0.15, -0.1) is 16.4 Å². The maximum atomic E-state index is 5.47. The fourth-order valence-corrected chi connectivity index (χ4v) is 6.21. The molecule has 0 radical (unpaired) electrons. The predicted molar refractivity (Wildman–Crippen MR) is 108 cm³/mol. The number of nitrogens with zero attached hydrogens (tertiary/aromatic N) is 7. The molecule has 0 saturated carbocycles. The van der Waals surface area contributed by atoms with Crippen LogP contribution in [-0.4, -0.2) is 61.4 Å². The second-order valence-corrected chi connectivity index (χ2v) is 9.59. The van der Waals surface area contributed by atoms with Crippen molar-refractivity contribution in [2.75, 3.05) is 26.3 Å². The molecule has 1 aliphatic carbocycles. The van der Waals surface area contributed by atoms with E-state index in [0.29, 0.717) is 0 Å². The summed E-state index contributed by atoms with van der Waals surface area (Å²) in [6.07, 6.45) is 3.47. The van der Waals surface area contributed by atoms with Crippen LogP contribution in [0.15, 0.2) is 10.2 Å². The molecule has 1 saturated heterocycles. The van der Waals surface area contributed by atoms with Crippen molar-refractivity contribution in [3.05, 3.63) is 16.3 Å². The molecule has 0 unspecified atom stereocenters. The zero-order chi connectivity index (χ0) is 19.1. The highest BCUT2D eigenvalue weighted by atomic mass is 32.2. The number of aromatic nitrogens is 6. The van der Waals surface area contributed by atoms with Gasteiger partial charge in [0.2, 0.25) is 5.16 Å². The van der Waals surface area contributed by atoms with E-state index in [-0.39, 0.29) is 0 Å². The third-order valence-corrected chi connectivity index (χ3v) is 7.57. The monoisotopic (exact) mass is 417 g/mol. The number of hydrogen-bond acceptors (Lipinski definition) is 9. The van der Waals surface area contributed by atoms with Crippen LogP contribution in [0.5, 0.6) is 0 Å². The Kier molecular flexibility index (Phi) is 5.04. The van der Waals surface area contributed by atoms with Crippen molar-refractivity contribution in [1.82, 2.24) is 35.1 Å². The molecule has 5 rings (SSSR count). The van der Waals surface area contributed by atoms with Crippen LogP contribution >= 0.6 is 23.1 Å². The second-order valence-electron chi connectivity index (χ2n) is 7.55. The van der Waals surface area contributed by atoms with E-state index >= 15 is 0 Å². The molecule has 3 aromatic rings. The Hall–Kier alpha value is -1.62. The normalized spacial score (nSPS) is 20.6. The first-order valence-electron chi connectivity index (χ1n) is 9.69. The van der Waals surface area contributed by atoms with Gasteiger partial charge in [-0.1, -0.05) is 6.92 Å². The lowest BCUT2D eigenvalue weighted by atomic mass is 9.89. The second kappa shape index (κ2) is 7.66. The Morgan fingerprint density at radius 2 is 2.11 bits per heavy atom. The summed E-state index contributed by atoms with van der Waals surface area (Å²) in [6.45, 7) is 6.50. The van der Waals surface area contributed by atoms with Crippen molar-refractivity contribution >= 4 is 33.3 Å². The largest absolute Gasteiger partial charge is 0.379 e. The summed E-state index contributed by atoms with van der Waals surface area (Å²) in [5, 5.41) is 14.8. The smallest absolute Gasteiger partial charge is 0.215 e. The molecule has 1 atom stereocenters. The van der Waals surface area contributed by atoms with E-state index in [1.165, 1.54) is 22.2 Å². The van der Waals surface area contributed by atoms with Crippen LogP contribution in [0.25, 0.3) is 10.2 Å². The minimum Gasteiger partial charge on any atom is -0.379 e. The van der Waals surface area contributed by atoms with Gasteiger partial charge < -0.3 is 4.74 Å². The maximum Gasteiger partial charge on any atom is 0.215 e. The van der Waals surface area contributed by atoms with Crippen LogP contribution < -0.4 is 0 Å².